The van der Waals surface area contributed by atoms with Gasteiger partial charge in [0.25, 0.3) is 0 Å². The molecule has 146 valence electrons. The maximum atomic E-state index is 5.27. The average molecular weight is 404 g/mol. The molecule has 0 fully saturated rings. The molecule has 0 atom stereocenters. The van der Waals surface area contributed by atoms with Gasteiger partial charge in [-0.3, -0.25) is 9.78 Å². The Morgan fingerprint density at radius 1 is 1.14 bits per heavy atom. The van der Waals surface area contributed by atoms with Gasteiger partial charge in [0.05, 0.1) is 19.9 Å². The second kappa shape index (κ2) is 8.24. The van der Waals surface area contributed by atoms with Gasteiger partial charge in [0, 0.05) is 17.3 Å². The quantitative estimate of drug-likeness (QED) is 0.389. The highest BCUT2D eigenvalue weighted by molar-refractivity contribution is 7.71. The van der Waals surface area contributed by atoms with Crippen molar-refractivity contribution in [3.05, 3.63) is 82.5 Å². The molecule has 0 aliphatic rings. The first kappa shape index (κ1) is 18.8. The number of hydrogen-bond donors (Lipinski definition) is 1. The van der Waals surface area contributed by atoms with Gasteiger partial charge in [-0.15, -0.1) is 0 Å². The fraction of sp³-hybridized carbons (Fsp3) is 0.143. The van der Waals surface area contributed by atoms with E-state index in [0.29, 0.717) is 17.1 Å². The normalized spacial score (nSPS) is 11.2. The molecule has 29 heavy (non-hydrogen) atoms. The van der Waals surface area contributed by atoms with Crippen LogP contribution in [-0.2, 0) is 6.54 Å². The molecule has 0 spiro atoms. The number of ether oxygens (including phenoxy) is 1. The number of benzene rings is 2. The van der Waals surface area contributed by atoms with E-state index < -0.39 is 0 Å². The zero-order valence-electron chi connectivity index (χ0n) is 16.1. The van der Waals surface area contributed by atoms with Crippen LogP contribution in [0.3, 0.4) is 0 Å². The van der Waals surface area contributed by atoms with Crippen molar-refractivity contribution in [1.29, 1.82) is 0 Å². The van der Waals surface area contributed by atoms with Crippen LogP contribution in [0.4, 0.5) is 0 Å². The van der Waals surface area contributed by atoms with E-state index in [2.05, 4.69) is 27.4 Å². The molecule has 7 nitrogen and oxygen atoms in total. The Morgan fingerprint density at radius 2 is 1.90 bits per heavy atom. The average Bonchev–Trinajstić information content (AvgIpc) is 3.30. The molecule has 2 aromatic carbocycles. The van der Waals surface area contributed by atoms with Crippen molar-refractivity contribution in [2.45, 2.75) is 13.5 Å². The predicted molar refractivity (Wildman–Crippen MR) is 115 cm³/mol. The summed E-state index contributed by atoms with van der Waals surface area (Å²) in [6.07, 6.45) is 3.74. The molecule has 0 radical (unpaired) electrons. The molecule has 0 amide bonds. The summed E-state index contributed by atoms with van der Waals surface area (Å²) in [5.41, 5.74) is 3.87. The Kier molecular flexibility index (Phi) is 5.35. The third-order valence-corrected chi connectivity index (χ3v) is 4.73. The number of hydrogen-bond acceptors (Lipinski definition) is 5. The Labute approximate surface area is 173 Å². The zero-order chi connectivity index (χ0) is 20.2. The first-order valence-electron chi connectivity index (χ1n) is 9.08. The fourth-order valence-corrected chi connectivity index (χ4v) is 3.21. The fourth-order valence-electron chi connectivity index (χ4n) is 2.98. The maximum absolute atomic E-state index is 5.27. The Balaban J connectivity index is 1.73. The number of nitrogens with zero attached hydrogens (tertiary/aromatic N) is 5. The van der Waals surface area contributed by atoms with Crippen molar-refractivity contribution in [3.8, 4) is 17.0 Å². The molecule has 2 heterocycles. The SMILES string of the molecule is COc1ccc(-c2nn(Cc3ccccc3)cc2/C=N\n2c(C)n[nH]c2=S)cc1. The number of aromatic nitrogens is 5. The van der Waals surface area contributed by atoms with Crippen LogP contribution in [0, 0.1) is 11.7 Å². The van der Waals surface area contributed by atoms with Crippen LogP contribution < -0.4 is 4.74 Å². The third-order valence-electron chi connectivity index (χ3n) is 4.47. The van der Waals surface area contributed by atoms with Crippen LogP contribution >= 0.6 is 12.2 Å². The van der Waals surface area contributed by atoms with Crippen molar-refractivity contribution in [2.24, 2.45) is 5.10 Å². The van der Waals surface area contributed by atoms with Crippen LogP contribution in [-0.4, -0.2) is 38.0 Å². The standard InChI is InChI=1S/C21H20N6OS/c1-15-23-24-21(29)27(15)22-12-18-14-26(13-16-6-4-3-5-7-16)25-20(18)17-8-10-19(28-2)11-9-17/h3-12,14H,13H2,1-2H3,(H,24,29)/b22-12-. The summed E-state index contributed by atoms with van der Waals surface area (Å²) in [6, 6.07) is 18.0. The van der Waals surface area contributed by atoms with E-state index in [9.17, 15) is 0 Å². The summed E-state index contributed by atoms with van der Waals surface area (Å²) in [5.74, 6) is 1.49. The summed E-state index contributed by atoms with van der Waals surface area (Å²) >= 11 is 5.23. The van der Waals surface area contributed by atoms with Gasteiger partial charge in [0.2, 0.25) is 4.77 Å². The highest BCUT2D eigenvalue weighted by Gasteiger charge is 2.11. The molecule has 0 bridgehead atoms. The number of aryl methyl sites for hydroxylation is 1. The number of methoxy groups -OCH3 is 1. The minimum atomic E-state index is 0.446. The minimum Gasteiger partial charge on any atom is -0.497 e. The molecule has 0 saturated heterocycles. The lowest BCUT2D eigenvalue weighted by Gasteiger charge is -2.03. The first-order valence-corrected chi connectivity index (χ1v) is 9.49. The number of rotatable bonds is 6. The largest absolute Gasteiger partial charge is 0.497 e. The summed E-state index contributed by atoms with van der Waals surface area (Å²) in [5, 5.41) is 16.1. The Morgan fingerprint density at radius 3 is 2.55 bits per heavy atom. The summed E-state index contributed by atoms with van der Waals surface area (Å²) in [7, 11) is 1.65. The monoisotopic (exact) mass is 404 g/mol. The van der Waals surface area contributed by atoms with Crippen molar-refractivity contribution >= 4 is 18.4 Å². The molecular weight excluding hydrogens is 384 g/mol. The van der Waals surface area contributed by atoms with E-state index in [-0.39, 0.29) is 0 Å². The third kappa shape index (κ3) is 4.17. The van der Waals surface area contributed by atoms with Crippen molar-refractivity contribution in [1.82, 2.24) is 24.7 Å². The van der Waals surface area contributed by atoms with Crippen molar-refractivity contribution < 1.29 is 4.74 Å². The van der Waals surface area contributed by atoms with Crippen LogP contribution in [0.25, 0.3) is 11.3 Å². The highest BCUT2D eigenvalue weighted by Crippen LogP contribution is 2.24. The minimum absolute atomic E-state index is 0.446. The molecule has 8 heteroatoms. The van der Waals surface area contributed by atoms with E-state index in [1.165, 1.54) is 5.56 Å². The summed E-state index contributed by atoms with van der Waals surface area (Å²) in [4.78, 5) is 0. The Bertz CT molecular complexity index is 1190. The summed E-state index contributed by atoms with van der Waals surface area (Å²) in [6.45, 7) is 2.51. The van der Waals surface area contributed by atoms with E-state index in [4.69, 9.17) is 22.1 Å². The van der Waals surface area contributed by atoms with Gasteiger partial charge in [-0.25, -0.2) is 0 Å². The highest BCUT2D eigenvalue weighted by atomic mass is 32.1. The molecule has 0 aliphatic heterocycles. The predicted octanol–water partition coefficient (Wildman–Crippen LogP) is 4.05. The molecule has 2 aromatic heterocycles. The zero-order valence-corrected chi connectivity index (χ0v) is 16.9. The number of H-pyrrole nitrogens is 1. The first-order chi connectivity index (χ1) is 14.1. The van der Waals surface area contributed by atoms with Gasteiger partial charge in [-0.2, -0.15) is 20.0 Å². The molecule has 0 saturated carbocycles. The van der Waals surface area contributed by atoms with E-state index in [0.717, 1.165) is 22.6 Å². The smallest absolute Gasteiger partial charge is 0.216 e. The van der Waals surface area contributed by atoms with Gasteiger partial charge in [-0.05, 0) is 49.0 Å². The molecule has 0 unspecified atom stereocenters. The van der Waals surface area contributed by atoms with Gasteiger partial charge in [0.15, 0.2) is 0 Å². The lowest BCUT2D eigenvalue weighted by molar-refractivity contribution is 0.415. The van der Waals surface area contributed by atoms with Crippen LogP contribution in [0.2, 0.25) is 0 Å². The van der Waals surface area contributed by atoms with Crippen molar-refractivity contribution in [3.63, 3.8) is 0 Å². The Hall–Kier alpha value is -3.52. The lowest BCUT2D eigenvalue weighted by Crippen LogP contribution is -2.00. The maximum Gasteiger partial charge on any atom is 0.216 e. The van der Waals surface area contributed by atoms with Crippen molar-refractivity contribution in [2.75, 3.05) is 7.11 Å². The lowest BCUT2D eigenvalue weighted by atomic mass is 10.1. The molecular formula is C21H20N6OS. The topological polar surface area (TPSA) is 73.0 Å². The molecule has 4 aromatic rings. The van der Waals surface area contributed by atoms with E-state index in [1.54, 1.807) is 18.0 Å². The molecule has 0 aliphatic carbocycles. The van der Waals surface area contributed by atoms with Crippen LogP contribution in [0.5, 0.6) is 5.75 Å². The number of nitrogens with one attached hydrogen (secondary N) is 1. The van der Waals surface area contributed by atoms with Gasteiger partial charge in [-0.1, -0.05) is 30.3 Å². The van der Waals surface area contributed by atoms with E-state index >= 15 is 0 Å². The van der Waals surface area contributed by atoms with Gasteiger partial charge < -0.3 is 4.74 Å². The number of aromatic amines is 1. The second-order valence-corrected chi connectivity index (χ2v) is 6.86. The summed E-state index contributed by atoms with van der Waals surface area (Å²) < 4.78 is 9.21. The van der Waals surface area contributed by atoms with Gasteiger partial charge in [0.1, 0.15) is 17.3 Å². The van der Waals surface area contributed by atoms with Crippen LogP contribution in [0.1, 0.15) is 17.0 Å². The van der Waals surface area contributed by atoms with Crippen LogP contribution in [0.15, 0.2) is 65.9 Å². The van der Waals surface area contributed by atoms with E-state index in [1.807, 2.05) is 60.3 Å². The second-order valence-electron chi connectivity index (χ2n) is 6.48. The van der Waals surface area contributed by atoms with Gasteiger partial charge >= 0.3 is 0 Å². The molecule has 4 rings (SSSR count). The molecule has 1 N–H and O–H groups in total.